The number of aliphatic hydroxyl groups is 1. The summed E-state index contributed by atoms with van der Waals surface area (Å²) in [5, 5.41) is 14.4. The number of methoxy groups -OCH3 is 1. The van der Waals surface area contributed by atoms with Crippen molar-refractivity contribution < 1.29 is 24.2 Å². The van der Waals surface area contributed by atoms with Gasteiger partial charge in [-0.1, -0.05) is 18.2 Å². The lowest BCUT2D eigenvalue weighted by atomic mass is 10.2. The van der Waals surface area contributed by atoms with Crippen molar-refractivity contribution in [2.24, 2.45) is 0 Å². The van der Waals surface area contributed by atoms with Gasteiger partial charge in [0.1, 0.15) is 11.8 Å². The predicted molar refractivity (Wildman–Crippen MR) is 85.1 cm³/mol. The molecule has 1 aromatic rings. The van der Waals surface area contributed by atoms with Crippen LogP contribution < -0.4 is 15.4 Å². The number of carbonyl (C=O) groups is 2. The Hall–Kier alpha value is -2.12. The zero-order chi connectivity index (χ0) is 17.1. The van der Waals surface area contributed by atoms with Crippen LogP contribution in [0, 0.1) is 0 Å². The molecule has 1 aromatic carbocycles. The van der Waals surface area contributed by atoms with Gasteiger partial charge in [0.25, 0.3) is 5.91 Å². The number of rotatable bonds is 10. The van der Waals surface area contributed by atoms with Gasteiger partial charge in [0.2, 0.25) is 5.91 Å². The third-order valence-corrected chi connectivity index (χ3v) is 3.12. The van der Waals surface area contributed by atoms with Crippen LogP contribution in [0.15, 0.2) is 30.3 Å². The van der Waals surface area contributed by atoms with E-state index in [1.807, 2.05) is 6.07 Å². The molecule has 0 aliphatic heterocycles. The van der Waals surface area contributed by atoms with E-state index in [4.69, 9.17) is 9.47 Å². The van der Waals surface area contributed by atoms with Crippen LogP contribution in [0.4, 0.5) is 0 Å². The highest BCUT2D eigenvalue weighted by Crippen LogP contribution is 2.07. The van der Waals surface area contributed by atoms with Crippen molar-refractivity contribution in [3.8, 4) is 5.75 Å². The quantitative estimate of drug-likeness (QED) is 0.566. The Balaban J connectivity index is 2.34. The molecule has 0 saturated carbocycles. The summed E-state index contributed by atoms with van der Waals surface area (Å²) >= 11 is 0. The molecule has 0 radical (unpaired) electrons. The van der Waals surface area contributed by atoms with Crippen LogP contribution in [-0.4, -0.2) is 55.9 Å². The fourth-order valence-electron chi connectivity index (χ4n) is 1.81. The van der Waals surface area contributed by atoms with Crippen molar-refractivity contribution in [3.05, 3.63) is 30.3 Å². The van der Waals surface area contributed by atoms with E-state index in [1.165, 1.54) is 0 Å². The van der Waals surface area contributed by atoms with E-state index in [0.29, 0.717) is 18.8 Å². The molecule has 0 aliphatic carbocycles. The first kappa shape index (κ1) is 18.9. The summed E-state index contributed by atoms with van der Waals surface area (Å²) < 4.78 is 10.2. The summed E-state index contributed by atoms with van der Waals surface area (Å²) in [4.78, 5) is 23.7. The molecule has 0 heterocycles. The SMILES string of the molecule is COCC[C@@H](CO)NC(=O)[C@@H](C)NC(=O)COc1ccccc1. The van der Waals surface area contributed by atoms with Crippen molar-refractivity contribution in [2.75, 3.05) is 26.9 Å². The fraction of sp³-hybridized carbons (Fsp3) is 0.500. The van der Waals surface area contributed by atoms with Gasteiger partial charge in [-0.2, -0.15) is 0 Å². The molecule has 1 rings (SSSR count). The first-order valence-corrected chi connectivity index (χ1v) is 7.44. The first-order valence-electron chi connectivity index (χ1n) is 7.44. The number of amides is 2. The van der Waals surface area contributed by atoms with Crippen LogP contribution in [0.2, 0.25) is 0 Å². The minimum atomic E-state index is -0.724. The number of para-hydroxylation sites is 1. The maximum Gasteiger partial charge on any atom is 0.258 e. The number of aliphatic hydroxyl groups excluding tert-OH is 1. The highest BCUT2D eigenvalue weighted by atomic mass is 16.5. The molecule has 128 valence electrons. The van der Waals surface area contributed by atoms with Crippen LogP contribution in [0.25, 0.3) is 0 Å². The molecule has 2 atom stereocenters. The number of ether oxygens (including phenoxy) is 2. The van der Waals surface area contributed by atoms with Gasteiger partial charge in [-0.3, -0.25) is 9.59 Å². The standard InChI is InChI=1S/C16H24N2O5/c1-12(16(21)18-13(10-19)8-9-22-2)17-15(20)11-23-14-6-4-3-5-7-14/h3-7,12-13,19H,8-11H2,1-2H3,(H,17,20)(H,18,21)/t12-,13+/m1/s1. The minimum Gasteiger partial charge on any atom is -0.484 e. The van der Waals surface area contributed by atoms with Gasteiger partial charge in [-0.25, -0.2) is 0 Å². The Labute approximate surface area is 136 Å². The molecule has 0 spiro atoms. The van der Waals surface area contributed by atoms with E-state index in [9.17, 15) is 14.7 Å². The second-order valence-electron chi connectivity index (χ2n) is 5.06. The van der Waals surface area contributed by atoms with Crippen LogP contribution in [0.1, 0.15) is 13.3 Å². The largest absolute Gasteiger partial charge is 0.484 e. The maximum absolute atomic E-state index is 12.0. The number of hydrogen-bond acceptors (Lipinski definition) is 5. The van der Waals surface area contributed by atoms with Gasteiger partial charge in [0.15, 0.2) is 6.61 Å². The fourth-order valence-corrected chi connectivity index (χ4v) is 1.81. The molecule has 0 aliphatic rings. The van der Waals surface area contributed by atoms with Crippen molar-refractivity contribution in [2.45, 2.75) is 25.4 Å². The van der Waals surface area contributed by atoms with Gasteiger partial charge in [0.05, 0.1) is 12.6 Å². The van der Waals surface area contributed by atoms with Gasteiger partial charge < -0.3 is 25.2 Å². The van der Waals surface area contributed by atoms with E-state index < -0.39 is 18.0 Å². The summed E-state index contributed by atoms with van der Waals surface area (Å²) in [5.41, 5.74) is 0. The third kappa shape index (κ3) is 7.62. The summed E-state index contributed by atoms with van der Waals surface area (Å²) in [5.74, 6) is -0.179. The van der Waals surface area contributed by atoms with E-state index in [-0.39, 0.29) is 19.1 Å². The Kier molecular flexibility index (Phi) is 8.71. The van der Waals surface area contributed by atoms with Crippen molar-refractivity contribution in [1.82, 2.24) is 10.6 Å². The van der Waals surface area contributed by atoms with Crippen molar-refractivity contribution >= 4 is 11.8 Å². The van der Waals surface area contributed by atoms with Crippen molar-refractivity contribution in [1.29, 1.82) is 0 Å². The lowest BCUT2D eigenvalue weighted by Gasteiger charge is -2.19. The molecule has 0 saturated heterocycles. The molecule has 7 heteroatoms. The van der Waals surface area contributed by atoms with E-state index in [0.717, 1.165) is 0 Å². The average Bonchev–Trinajstić information content (AvgIpc) is 2.57. The molecule has 0 unspecified atom stereocenters. The molecular formula is C16H24N2O5. The van der Waals surface area contributed by atoms with Gasteiger partial charge in [-0.05, 0) is 25.5 Å². The lowest BCUT2D eigenvalue weighted by Crippen LogP contribution is -2.50. The predicted octanol–water partition coefficient (Wildman–Crippen LogP) is 0.0837. The number of benzene rings is 1. The Morgan fingerprint density at radius 1 is 1.22 bits per heavy atom. The molecule has 0 bridgehead atoms. The van der Waals surface area contributed by atoms with E-state index in [1.54, 1.807) is 38.3 Å². The summed E-state index contributed by atoms with van der Waals surface area (Å²) in [6.07, 6.45) is 0.497. The maximum atomic E-state index is 12.0. The minimum absolute atomic E-state index is 0.172. The third-order valence-electron chi connectivity index (χ3n) is 3.12. The second-order valence-corrected chi connectivity index (χ2v) is 5.06. The van der Waals surface area contributed by atoms with E-state index >= 15 is 0 Å². The van der Waals surface area contributed by atoms with Gasteiger partial charge in [-0.15, -0.1) is 0 Å². The molecule has 0 aromatic heterocycles. The average molecular weight is 324 g/mol. The zero-order valence-corrected chi connectivity index (χ0v) is 13.5. The Morgan fingerprint density at radius 2 is 1.91 bits per heavy atom. The molecule has 3 N–H and O–H groups in total. The Bertz CT molecular complexity index is 481. The monoisotopic (exact) mass is 324 g/mol. The van der Waals surface area contributed by atoms with Crippen LogP contribution in [0.5, 0.6) is 5.75 Å². The molecule has 0 fully saturated rings. The van der Waals surface area contributed by atoms with Crippen LogP contribution in [0.3, 0.4) is 0 Å². The second kappa shape index (κ2) is 10.6. The Morgan fingerprint density at radius 3 is 2.52 bits per heavy atom. The highest BCUT2D eigenvalue weighted by molar-refractivity contribution is 5.87. The van der Waals surface area contributed by atoms with Crippen LogP contribution >= 0.6 is 0 Å². The zero-order valence-electron chi connectivity index (χ0n) is 13.5. The number of hydrogen-bond donors (Lipinski definition) is 3. The molecule has 2 amide bonds. The van der Waals surface area contributed by atoms with Gasteiger partial charge in [0, 0.05) is 13.7 Å². The molecular weight excluding hydrogens is 300 g/mol. The van der Waals surface area contributed by atoms with E-state index in [2.05, 4.69) is 10.6 Å². The van der Waals surface area contributed by atoms with Gasteiger partial charge >= 0.3 is 0 Å². The molecule has 7 nitrogen and oxygen atoms in total. The number of nitrogens with one attached hydrogen (secondary N) is 2. The summed E-state index contributed by atoms with van der Waals surface area (Å²) in [6, 6.07) is 7.81. The van der Waals surface area contributed by atoms with Crippen LogP contribution in [-0.2, 0) is 14.3 Å². The normalized spacial score (nSPS) is 13.0. The number of carbonyl (C=O) groups excluding carboxylic acids is 2. The smallest absolute Gasteiger partial charge is 0.258 e. The summed E-state index contributed by atoms with van der Waals surface area (Å²) in [7, 11) is 1.55. The first-order chi connectivity index (χ1) is 11.1. The molecule has 23 heavy (non-hydrogen) atoms. The topological polar surface area (TPSA) is 96.9 Å². The highest BCUT2D eigenvalue weighted by Gasteiger charge is 2.19. The van der Waals surface area contributed by atoms with Crippen molar-refractivity contribution in [3.63, 3.8) is 0 Å². The summed E-state index contributed by atoms with van der Waals surface area (Å²) in [6.45, 7) is 1.64. The lowest BCUT2D eigenvalue weighted by molar-refractivity contribution is -0.130.